The number of halogens is 2. The first-order chi connectivity index (χ1) is 9.70. The molecule has 0 aliphatic heterocycles. The Morgan fingerprint density at radius 1 is 1.15 bits per heavy atom. The molecule has 1 unspecified atom stereocenters. The average molecular weight is 336 g/mol. The molecule has 0 spiro atoms. The van der Waals surface area contributed by atoms with Gasteiger partial charge in [-0.15, -0.1) is 0 Å². The zero-order valence-electron chi connectivity index (χ0n) is 11.6. The lowest BCUT2D eigenvalue weighted by molar-refractivity contribution is 0.621. The fraction of sp³-hybridized carbons (Fsp3) is 0.294. The Bertz CT molecular complexity index is 542. The van der Waals surface area contributed by atoms with E-state index in [1.807, 2.05) is 18.2 Å². The molecule has 0 bridgehead atoms. The first-order valence-corrected chi connectivity index (χ1v) is 7.76. The lowest BCUT2D eigenvalue weighted by Crippen LogP contribution is -2.11. The van der Waals surface area contributed by atoms with Gasteiger partial charge in [0, 0.05) is 4.47 Å². The molecule has 2 rings (SSSR count). The van der Waals surface area contributed by atoms with Crippen LogP contribution in [0.3, 0.4) is 0 Å². The standard InChI is InChI=1S/C17H19BrFN/c1-2-3-9-16(13-7-5-4-6-8-13)20-17-12-14(19)10-11-15(17)18/h4-8,10-12,16,20H,2-3,9H2,1H3. The highest BCUT2D eigenvalue weighted by molar-refractivity contribution is 9.10. The van der Waals surface area contributed by atoms with E-state index in [1.54, 1.807) is 6.07 Å². The fourth-order valence-corrected chi connectivity index (χ4v) is 2.57. The average Bonchev–Trinajstić information content (AvgIpc) is 2.48. The highest BCUT2D eigenvalue weighted by Gasteiger charge is 2.12. The molecule has 1 nitrogen and oxygen atoms in total. The van der Waals surface area contributed by atoms with Gasteiger partial charge in [-0.05, 0) is 46.1 Å². The van der Waals surface area contributed by atoms with Gasteiger partial charge in [-0.1, -0.05) is 50.1 Å². The molecular formula is C17H19BrFN. The largest absolute Gasteiger partial charge is 0.377 e. The summed E-state index contributed by atoms with van der Waals surface area (Å²) in [6.45, 7) is 2.18. The van der Waals surface area contributed by atoms with E-state index in [1.165, 1.54) is 17.7 Å². The van der Waals surface area contributed by atoms with E-state index < -0.39 is 0 Å². The zero-order valence-corrected chi connectivity index (χ0v) is 13.2. The van der Waals surface area contributed by atoms with Gasteiger partial charge in [0.25, 0.3) is 0 Å². The molecule has 0 fully saturated rings. The highest BCUT2D eigenvalue weighted by atomic mass is 79.9. The number of unbranched alkanes of at least 4 members (excludes halogenated alkanes) is 1. The summed E-state index contributed by atoms with van der Waals surface area (Å²) in [5.41, 5.74) is 2.03. The van der Waals surface area contributed by atoms with Crippen molar-refractivity contribution in [3.8, 4) is 0 Å². The van der Waals surface area contributed by atoms with Crippen LogP contribution in [0, 0.1) is 5.82 Å². The third-order valence-corrected chi connectivity index (χ3v) is 4.00. The van der Waals surface area contributed by atoms with E-state index in [-0.39, 0.29) is 11.9 Å². The van der Waals surface area contributed by atoms with Crippen molar-refractivity contribution in [1.82, 2.24) is 0 Å². The van der Waals surface area contributed by atoms with Crippen LogP contribution in [0.1, 0.15) is 37.8 Å². The van der Waals surface area contributed by atoms with Gasteiger partial charge in [-0.25, -0.2) is 4.39 Å². The van der Waals surface area contributed by atoms with Crippen molar-refractivity contribution < 1.29 is 4.39 Å². The maximum atomic E-state index is 13.4. The molecule has 0 aliphatic carbocycles. The minimum Gasteiger partial charge on any atom is -0.377 e. The number of hydrogen-bond acceptors (Lipinski definition) is 1. The van der Waals surface area contributed by atoms with E-state index in [0.717, 1.165) is 29.4 Å². The first kappa shape index (κ1) is 15.0. The van der Waals surface area contributed by atoms with Crippen molar-refractivity contribution in [2.24, 2.45) is 0 Å². The van der Waals surface area contributed by atoms with Crippen molar-refractivity contribution in [3.63, 3.8) is 0 Å². The van der Waals surface area contributed by atoms with E-state index in [4.69, 9.17) is 0 Å². The second-order valence-electron chi connectivity index (χ2n) is 4.87. The van der Waals surface area contributed by atoms with E-state index in [9.17, 15) is 4.39 Å². The molecule has 106 valence electrons. The van der Waals surface area contributed by atoms with E-state index in [2.05, 4.69) is 40.3 Å². The van der Waals surface area contributed by atoms with Crippen LogP contribution in [0.2, 0.25) is 0 Å². The zero-order chi connectivity index (χ0) is 14.4. The van der Waals surface area contributed by atoms with Crippen LogP contribution in [0.5, 0.6) is 0 Å². The third kappa shape index (κ3) is 4.07. The van der Waals surface area contributed by atoms with Gasteiger partial charge in [0.1, 0.15) is 5.82 Å². The van der Waals surface area contributed by atoms with E-state index >= 15 is 0 Å². The minimum atomic E-state index is -0.224. The minimum absolute atomic E-state index is 0.203. The van der Waals surface area contributed by atoms with Gasteiger partial charge in [0.2, 0.25) is 0 Å². The Morgan fingerprint density at radius 2 is 1.90 bits per heavy atom. The molecule has 0 aromatic heterocycles. The lowest BCUT2D eigenvalue weighted by atomic mass is 10.0. The van der Waals surface area contributed by atoms with Crippen molar-refractivity contribution in [2.45, 2.75) is 32.2 Å². The Hall–Kier alpha value is -1.35. The van der Waals surface area contributed by atoms with Crippen molar-refractivity contribution in [2.75, 3.05) is 5.32 Å². The summed E-state index contributed by atoms with van der Waals surface area (Å²) in [6.07, 6.45) is 3.32. The van der Waals surface area contributed by atoms with Crippen molar-refractivity contribution in [1.29, 1.82) is 0 Å². The molecule has 1 N–H and O–H groups in total. The number of benzene rings is 2. The topological polar surface area (TPSA) is 12.0 Å². The quantitative estimate of drug-likeness (QED) is 0.689. The lowest BCUT2D eigenvalue weighted by Gasteiger charge is -2.21. The second-order valence-corrected chi connectivity index (χ2v) is 5.73. The number of nitrogens with one attached hydrogen (secondary N) is 1. The third-order valence-electron chi connectivity index (χ3n) is 3.31. The molecular weight excluding hydrogens is 317 g/mol. The van der Waals surface area contributed by atoms with Gasteiger partial charge in [0.05, 0.1) is 11.7 Å². The van der Waals surface area contributed by atoms with Gasteiger partial charge in [0.15, 0.2) is 0 Å². The number of hydrogen-bond donors (Lipinski definition) is 1. The molecule has 0 amide bonds. The van der Waals surface area contributed by atoms with Gasteiger partial charge in [-0.3, -0.25) is 0 Å². The van der Waals surface area contributed by atoms with Crippen LogP contribution < -0.4 is 5.32 Å². The molecule has 0 saturated heterocycles. The Kier molecular flexibility index (Phi) is 5.60. The first-order valence-electron chi connectivity index (χ1n) is 6.97. The molecule has 2 aromatic carbocycles. The number of rotatable bonds is 6. The van der Waals surface area contributed by atoms with E-state index in [0.29, 0.717) is 0 Å². The monoisotopic (exact) mass is 335 g/mol. The van der Waals surface area contributed by atoms with Crippen molar-refractivity contribution in [3.05, 3.63) is 64.4 Å². The van der Waals surface area contributed by atoms with Gasteiger partial charge in [-0.2, -0.15) is 0 Å². The summed E-state index contributed by atoms with van der Waals surface area (Å²) < 4.78 is 14.3. The summed E-state index contributed by atoms with van der Waals surface area (Å²) >= 11 is 3.47. The Balaban J connectivity index is 2.21. The van der Waals surface area contributed by atoms with Gasteiger partial charge < -0.3 is 5.32 Å². The maximum Gasteiger partial charge on any atom is 0.125 e. The van der Waals surface area contributed by atoms with Crippen LogP contribution in [-0.4, -0.2) is 0 Å². The van der Waals surface area contributed by atoms with Crippen molar-refractivity contribution >= 4 is 21.6 Å². The normalized spacial score (nSPS) is 12.2. The van der Waals surface area contributed by atoms with Crippen LogP contribution in [-0.2, 0) is 0 Å². The fourth-order valence-electron chi connectivity index (χ4n) is 2.21. The summed E-state index contributed by atoms with van der Waals surface area (Å²) in [5, 5.41) is 3.45. The smallest absolute Gasteiger partial charge is 0.125 e. The molecule has 0 radical (unpaired) electrons. The molecule has 20 heavy (non-hydrogen) atoms. The van der Waals surface area contributed by atoms with Crippen LogP contribution in [0.4, 0.5) is 10.1 Å². The summed E-state index contributed by atoms with van der Waals surface area (Å²) in [5.74, 6) is -0.224. The molecule has 2 aromatic rings. The molecule has 1 atom stereocenters. The molecule has 0 saturated carbocycles. The Labute approximate surface area is 128 Å². The van der Waals surface area contributed by atoms with Crippen LogP contribution >= 0.6 is 15.9 Å². The predicted octanol–water partition coefficient (Wildman–Crippen LogP) is 5.93. The summed E-state index contributed by atoms with van der Waals surface area (Å²) in [6, 6.07) is 15.2. The van der Waals surface area contributed by atoms with Crippen LogP contribution in [0.25, 0.3) is 0 Å². The van der Waals surface area contributed by atoms with Gasteiger partial charge >= 0.3 is 0 Å². The second kappa shape index (κ2) is 7.44. The maximum absolute atomic E-state index is 13.4. The summed E-state index contributed by atoms with van der Waals surface area (Å²) in [7, 11) is 0. The Morgan fingerprint density at radius 3 is 2.60 bits per heavy atom. The predicted molar refractivity (Wildman–Crippen MR) is 86.4 cm³/mol. The molecule has 0 heterocycles. The number of anilines is 1. The SMILES string of the molecule is CCCCC(Nc1cc(F)ccc1Br)c1ccccc1. The summed E-state index contributed by atoms with van der Waals surface area (Å²) in [4.78, 5) is 0. The molecule has 0 aliphatic rings. The van der Waals surface area contributed by atoms with Crippen LogP contribution in [0.15, 0.2) is 53.0 Å². The molecule has 3 heteroatoms. The highest BCUT2D eigenvalue weighted by Crippen LogP contribution is 2.29.